The topological polar surface area (TPSA) is 181 Å². The molecule has 16 atom stereocenters. The van der Waals surface area contributed by atoms with Crippen LogP contribution in [-0.2, 0) is 42.8 Å². The number of fused-ring (bicyclic) bond motifs is 4. The Morgan fingerprint density at radius 1 is 1.08 bits per heavy atom. The normalized spacial score (nSPS) is 43.6. The number of carbonyl (C=O) groups is 3. The molecule has 340 valence electrons. The Kier molecular flexibility index (Phi) is 15.6. The number of methoxy groups -OCH3 is 1. The summed E-state index contributed by atoms with van der Waals surface area (Å²) < 4.78 is 39.3. The number of likely N-dealkylation sites (tertiary alicyclic amines) is 1. The molecule has 2 bridgehead atoms. The summed E-state index contributed by atoms with van der Waals surface area (Å²) in [6.07, 6.45) is -4.10. The van der Waals surface area contributed by atoms with Crippen LogP contribution in [-0.4, -0.2) is 182 Å². The van der Waals surface area contributed by atoms with E-state index in [1.165, 1.54) is 7.11 Å². The van der Waals surface area contributed by atoms with Crippen molar-refractivity contribution in [2.45, 2.75) is 172 Å². The first-order chi connectivity index (χ1) is 27.5. The van der Waals surface area contributed by atoms with Crippen molar-refractivity contribution in [3.05, 3.63) is 0 Å². The van der Waals surface area contributed by atoms with Crippen LogP contribution < -0.4 is 10.6 Å². The van der Waals surface area contributed by atoms with E-state index in [0.717, 1.165) is 13.0 Å². The maximum atomic E-state index is 14.0. The lowest BCUT2D eigenvalue weighted by molar-refractivity contribution is -0.324. The number of carbonyl (C=O) groups excluding carboxylic acids is 3. The molecule has 5 saturated heterocycles. The van der Waals surface area contributed by atoms with Crippen molar-refractivity contribution in [1.82, 2.24) is 25.3 Å². The summed E-state index contributed by atoms with van der Waals surface area (Å²) in [6.45, 7) is 19.0. The third-order valence-electron chi connectivity index (χ3n) is 14.0. The summed E-state index contributed by atoms with van der Waals surface area (Å²) in [5, 5.41) is 30.2. The standard InChI is InChI=1S/C43H77N5O11/c1-24-18-31(46(10)11)35-40(56-24)59-37-25(2)34(58-33-20-43(9,54-13)36(50)27(4)57-33)26(3)38(51)44-16-14-32(49)47(12)22-28(19-42(37,8)53)29(23-55-35)21-45-39(52)30-15-17-48(30)41(5,6)7/h24-31,33-37,40,50,53H,14-23H2,1-13H3,(H,44,51)(H,45,52)/t24-,25+,26-,27+,28-,29?,30?,31+,33+,34+,35-,36+,37-,40+,42-,43-/m1/s1. The molecule has 16 nitrogen and oxygen atoms in total. The predicted molar refractivity (Wildman–Crippen MR) is 220 cm³/mol. The summed E-state index contributed by atoms with van der Waals surface area (Å²) in [4.78, 5) is 47.4. The number of aliphatic hydroxyl groups is 2. The van der Waals surface area contributed by atoms with Crippen LogP contribution in [0.2, 0.25) is 0 Å². The lowest BCUT2D eigenvalue weighted by atomic mass is 9.74. The first kappa shape index (κ1) is 48.0. The van der Waals surface area contributed by atoms with Gasteiger partial charge >= 0.3 is 0 Å². The Balaban J connectivity index is 1.57. The molecular weight excluding hydrogens is 762 g/mol. The van der Waals surface area contributed by atoms with Crippen LogP contribution in [0.25, 0.3) is 0 Å². The summed E-state index contributed by atoms with van der Waals surface area (Å²) in [5.74, 6) is -2.63. The third-order valence-corrected chi connectivity index (χ3v) is 14.0. The first-order valence-corrected chi connectivity index (χ1v) is 21.9. The van der Waals surface area contributed by atoms with Gasteiger partial charge in [-0.15, -0.1) is 0 Å². The number of hydrogen-bond acceptors (Lipinski definition) is 13. The number of nitrogens with one attached hydrogen (secondary N) is 2. The highest BCUT2D eigenvalue weighted by atomic mass is 16.7. The average Bonchev–Trinajstić information content (AvgIpc) is 3.12. The number of ether oxygens (including phenoxy) is 6. The van der Waals surface area contributed by atoms with E-state index in [1.807, 2.05) is 27.9 Å². The minimum absolute atomic E-state index is 0.0462. The van der Waals surface area contributed by atoms with Gasteiger partial charge in [0, 0.05) is 76.6 Å². The van der Waals surface area contributed by atoms with Crippen LogP contribution in [0.15, 0.2) is 0 Å². The molecule has 0 saturated carbocycles. The minimum Gasteiger partial charge on any atom is -0.387 e. The molecule has 5 rings (SSSR count). The number of hydrogen-bond donors (Lipinski definition) is 4. The molecule has 0 aliphatic carbocycles. The van der Waals surface area contributed by atoms with E-state index in [4.69, 9.17) is 28.4 Å². The van der Waals surface area contributed by atoms with Crippen molar-refractivity contribution < 1.29 is 53.0 Å². The predicted octanol–water partition coefficient (Wildman–Crippen LogP) is 1.73. The van der Waals surface area contributed by atoms with Gasteiger partial charge in [-0.1, -0.05) is 13.8 Å². The molecule has 5 aliphatic heterocycles. The number of aliphatic hydroxyl groups excluding tert-OH is 1. The highest BCUT2D eigenvalue weighted by Gasteiger charge is 2.53. The van der Waals surface area contributed by atoms with Crippen LogP contribution in [0.5, 0.6) is 0 Å². The Hall–Kier alpha value is -1.99. The van der Waals surface area contributed by atoms with Gasteiger partial charge in [0.1, 0.15) is 12.2 Å². The summed E-state index contributed by atoms with van der Waals surface area (Å²) in [5.41, 5.74) is -2.72. The Bertz CT molecular complexity index is 1450. The number of rotatable bonds is 7. The van der Waals surface area contributed by atoms with Gasteiger partial charge in [0.15, 0.2) is 12.6 Å². The molecule has 0 aromatic rings. The van der Waals surface area contributed by atoms with E-state index in [-0.39, 0.29) is 98.8 Å². The van der Waals surface area contributed by atoms with Crippen LogP contribution in [0.3, 0.4) is 0 Å². The van der Waals surface area contributed by atoms with E-state index in [2.05, 4.69) is 41.2 Å². The van der Waals surface area contributed by atoms with E-state index in [9.17, 15) is 24.6 Å². The van der Waals surface area contributed by atoms with E-state index in [1.54, 1.807) is 39.6 Å². The zero-order chi connectivity index (χ0) is 43.8. The zero-order valence-electron chi connectivity index (χ0n) is 38.1. The maximum Gasteiger partial charge on any atom is 0.237 e. The minimum atomic E-state index is -1.58. The van der Waals surface area contributed by atoms with Crippen molar-refractivity contribution in [3.8, 4) is 0 Å². The highest BCUT2D eigenvalue weighted by Crippen LogP contribution is 2.41. The van der Waals surface area contributed by atoms with Crippen molar-refractivity contribution in [1.29, 1.82) is 0 Å². The fourth-order valence-corrected chi connectivity index (χ4v) is 10.1. The Labute approximate surface area is 352 Å². The van der Waals surface area contributed by atoms with Crippen LogP contribution in [0.1, 0.15) is 94.4 Å². The summed E-state index contributed by atoms with van der Waals surface area (Å²) in [7, 11) is 7.27. The molecule has 5 fully saturated rings. The fourth-order valence-electron chi connectivity index (χ4n) is 10.1. The molecule has 59 heavy (non-hydrogen) atoms. The largest absolute Gasteiger partial charge is 0.387 e. The van der Waals surface area contributed by atoms with E-state index in [0.29, 0.717) is 6.42 Å². The number of nitrogens with zero attached hydrogens (tertiary/aromatic N) is 3. The van der Waals surface area contributed by atoms with E-state index < -0.39 is 66.1 Å². The van der Waals surface area contributed by atoms with Gasteiger partial charge in [0.05, 0.1) is 54.2 Å². The average molecular weight is 840 g/mol. The van der Waals surface area contributed by atoms with Gasteiger partial charge in [-0.3, -0.25) is 19.3 Å². The third kappa shape index (κ3) is 11.0. The molecule has 3 amide bonds. The lowest BCUT2D eigenvalue weighted by Crippen LogP contribution is -2.63. The van der Waals surface area contributed by atoms with Crippen molar-refractivity contribution >= 4 is 17.7 Å². The zero-order valence-corrected chi connectivity index (χ0v) is 38.1. The molecule has 5 heterocycles. The second-order valence-corrected chi connectivity index (χ2v) is 19.9. The van der Waals surface area contributed by atoms with Crippen molar-refractivity contribution in [2.24, 2.45) is 23.7 Å². The Morgan fingerprint density at radius 3 is 2.39 bits per heavy atom. The first-order valence-electron chi connectivity index (χ1n) is 21.9. The smallest absolute Gasteiger partial charge is 0.237 e. The quantitative estimate of drug-likeness (QED) is 0.292. The summed E-state index contributed by atoms with van der Waals surface area (Å²) in [6, 6.07) is -0.355. The highest BCUT2D eigenvalue weighted by molar-refractivity contribution is 5.83. The van der Waals surface area contributed by atoms with Gasteiger partial charge in [-0.2, -0.15) is 0 Å². The van der Waals surface area contributed by atoms with Gasteiger partial charge in [0.2, 0.25) is 17.7 Å². The van der Waals surface area contributed by atoms with Crippen LogP contribution in [0, 0.1) is 23.7 Å². The van der Waals surface area contributed by atoms with Crippen LogP contribution >= 0.6 is 0 Å². The van der Waals surface area contributed by atoms with Gasteiger partial charge in [0.25, 0.3) is 0 Å². The fraction of sp³-hybridized carbons (Fsp3) is 0.930. The molecule has 16 heteroatoms. The van der Waals surface area contributed by atoms with Gasteiger partial charge in [-0.05, 0) is 87.7 Å². The van der Waals surface area contributed by atoms with E-state index >= 15 is 0 Å². The second-order valence-electron chi connectivity index (χ2n) is 19.9. The molecule has 2 unspecified atom stereocenters. The molecule has 0 spiro atoms. The number of likely N-dealkylation sites (N-methyl/N-ethyl adjacent to an activating group) is 1. The molecular formula is C43H77N5O11. The SMILES string of the molecule is CO[C@]1(C)C[C@H](O[C@H]2[C@H](C)[C@H]3O[C@@H]4O[C@H](C)C[C@H](N(C)C)[C@H]4OCC(CNC(=O)C4CCN4C(C)(C)C)[C@@H](CN(C)C(=O)CCNC(=O)[C@@H]2C)C[C@@]3(C)O)O[C@@H](C)[C@@H]1O. The molecule has 4 N–H and O–H groups in total. The van der Waals surface area contributed by atoms with Gasteiger partial charge < -0.3 is 59.1 Å². The monoisotopic (exact) mass is 840 g/mol. The maximum absolute atomic E-state index is 14.0. The van der Waals surface area contributed by atoms with Crippen molar-refractivity contribution in [3.63, 3.8) is 0 Å². The van der Waals surface area contributed by atoms with Crippen molar-refractivity contribution in [2.75, 3.05) is 61.0 Å². The lowest BCUT2D eigenvalue weighted by Gasteiger charge is -2.51. The summed E-state index contributed by atoms with van der Waals surface area (Å²) >= 11 is 0. The molecule has 0 radical (unpaired) electrons. The van der Waals surface area contributed by atoms with Crippen LogP contribution in [0.4, 0.5) is 0 Å². The molecule has 0 aromatic carbocycles. The number of amides is 3. The second kappa shape index (κ2) is 19.2. The Morgan fingerprint density at radius 2 is 1.78 bits per heavy atom. The van der Waals surface area contributed by atoms with Gasteiger partial charge in [-0.25, -0.2) is 0 Å². The molecule has 5 aliphatic rings. The molecule has 0 aromatic heterocycles.